The molecule has 2 rings (SSSR count). The number of carbonyl (C=O) groups excluding carboxylic acids is 1. The summed E-state index contributed by atoms with van der Waals surface area (Å²) >= 11 is 0. The lowest BCUT2D eigenvalue weighted by Gasteiger charge is -2.09. The van der Waals surface area contributed by atoms with Crippen LogP contribution in [0.3, 0.4) is 0 Å². The Balaban J connectivity index is 2.62. The topological polar surface area (TPSA) is 75.3 Å². The maximum Gasteiger partial charge on any atom is 0.240 e. The maximum absolute atomic E-state index is 11.7. The molecule has 0 saturated heterocycles. The predicted octanol–water partition coefficient (Wildman–Crippen LogP) is 0.398. The van der Waals surface area contributed by atoms with Gasteiger partial charge in [0.2, 0.25) is 15.9 Å². The van der Waals surface area contributed by atoms with Gasteiger partial charge < -0.3 is 5.32 Å². The van der Waals surface area contributed by atoms with Crippen LogP contribution in [0.5, 0.6) is 0 Å². The highest BCUT2D eigenvalue weighted by Gasteiger charge is 2.24. The Hall–Kier alpha value is -1.40. The summed E-state index contributed by atoms with van der Waals surface area (Å²) in [5.41, 5.74) is 2.10. The minimum Gasteiger partial charge on any atom is -0.326 e. The summed E-state index contributed by atoms with van der Waals surface area (Å²) in [5, 5.41) is 2.68. The molecule has 0 fully saturated rings. The molecule has 0 bridgehead atoms. The molecule has 0 aromatic heterocycles. The monoisotopic (exact) mass is 240 g/mol. The number of rotatable bonds is 2. The molecule has 1 heterocycles. The van der Waals surface area contributed by atoms with Crippen LogP contribution >= 0.6 is 0 Å². The number of amides is 1. The van der Waals surface area contributed by atoms with Crippen LogP contribution in [0.15, 0.2) is 17.0 Å². The van der Waals surface area contributed by atoms with E-state index >= 15 is 0 Å². The van der Waals surface area contributed by atoms with Crippen molar-refractivity contribution >= 4 is 21.6 Å². The van der Waals surface area contributed by atoms with Crippen LogP contribution < -0.4 is 10.0 Å². The van der Waals surface area contributed by atoms with Gasteiger partial charge in [-0.05, 0) is 37.2 Å². The Bertz CT molecular complexity index is 564. The van der Waals surface area contributed by atoms with Crippen molar-refractivity contribution < 1.29 is 13.2 Å². The van der Waals surface area contributed by atoms with Crippen LogP contribution in [-0.4, -0.2) is 21.4 Å². The summed E-state index contributed by atoms with van der Waals surface area (Å²) in [6.45, 7) is 1.71. The van der Waals surface area contributed by atoms with Crippen LogP contribution in [0.1, 0.15) is 11.1 Å². The van der Waals surface area contributed by atoms with Crippen molar-refractivity contribution in [1.82, 2.24) is 4.72 Å². The van der Waals surface area contributed by atoms with Crippen molar-refractivity contribution in [2.45, 2.75) is 18.2 Å². The van der Waals surface area contributed by atoms with Crippen LogP contribution in [0.2, 0.25) is 0 Å². The van der Waals surface area contributed by atoms with Gasteiger partial charge in [0, 0.05) is 5.69 Å². The third-order valence-electron chi connectivity index (χ3n) is 2.72. The third kappa shape index (κ3) is 1.60. The molecule has 0 radical (unpaired) electrons. The molecule has 16 heavy (non-hydrogen) atoms. The maximum atomic E-state index is 11.7. The number of fused-ring (bicyclic) bond motifs is 1. The van der Waals surface area contributed by atoms with E-state index in [1.54, 1.807) is 13.0 Å². The van der Waals surface area contributed by atoms with E-state index in [1.165, 1.54) is 13.1 Å². The standard InChI is InChI=1S/C10H12N2O3S/c1-6-7-5-10(13)12-8(7)3-4-9(6)16(14,15)11-2/h3-4,11H,5H2,1-2H3,(H,12,13). The third-order valence-corrected chi connectivity index (χ3v) is 4.28. The lowest BCUT2D eigenvalue weighted by atomic mass is 10.1. The number of carbonyl (C=O) groups is 1. The zero-order chi connectivity index (χ0) is 11.9. The second kappa shape index (κ2) is 3.57. The van der Waals surface area contributed by atoms with Crippen LogP contribution in [-0.2, 0) is 21.2 Å². The minimum absolute atomic E-state index is 0.0999. The van der Waals surface area contributed by atoms with E-state index < -0.39 is 10.0 Å². The van der Waals surface area contributed by atoms with Gasteiger partial charge in [-0.25, -0.2) is 13.1 Å². The Labute approximate surface area is 93.9 Å². The van der Waals surface area contributed by atoms with Crippen LogP contribution in [0.25, 0.3) is 0 Å². The van der Waals surface area contributed by atoms with Gasteiger partial charge >= 0.3 is 0 Å². The molecule has 0 saturated carbocycles. The molecular formula is C10H12N2O3S. The average molecular weight is 240 g/mol. The summed E-state index contributed by atoms with van der Waals surface area (Å²) < 4.78 is 25.6. The number of benzene rings is 1. The number of anilines is 1. The molecule has 1 amide bonds. The van der Waals surface area contributed by atoms with Gasteiger partial charge in [0.25, 0.3) is 0 Å². The van der Waals surface area contributed by atoms with Crippen molar-refractivity contribution in [2.24, 2.45) is 0 Å². The number of hydrogen-bond donors (Lipinski definition) is 2. The van der Waals surface area contributed by atoms with Crippen LogP contribution in [0, 0.1) is 6.92 Å². The molecule has 1 aromatic rings. The molecule has 1 aliphatic rings. The fraction of sp³-hybridized carbons (Fsp3) is 0.300. The van der Waals surface area contributed by atoms with Crippen molar-refractivity contribution in [1.29, 1.82) is 0 Å². The Morgan fingerprint density at radius 3 is 2.69 bits per heavy atom. The minimum atomic E-state index is -3.46. The quantitative estimate of drug-likeness (QED) is 0.785. The highest BCUT2D eigenvalue weighted by molar-refractivity contribution is 7.89. The second-order valence-corrected chi connectivity index (χ2v) is 5.50. The van der Waals surface area contributed by atoms with Crippen LogP contribution in [0.4, 0.5) is 5.69 Å². The van der Waals surface area contributed by atoms with E-state index in [0.717, 1.165) is 5.56 Å². The van der Waals surface area contributed by atoms with E-state index in [0.29, 0.717) is 11.3 Å². The average Bonchev–Trinajstić information content (AvgIpc) is 2.60. The number of sulfonamides is 1. The molecule has 0 atom stereocenters. The van der Waals surface area contributed by atoms with E-state index in [1.807, 2.05) is 0 Å². The second-order valence-electron chi connectivity index (χ2n) is 3.65. The van der Waals surface area contributed by atoms with E-state index in [4.69, 9.17) is 0 Å². The lowest BCUT2D eigenvalue weighted by molar-refractivity contribution is -0.115. The van der Waals surface area contributed by atoms with E-state index in [2.05, 4.69) is 10.0 Å². The highest BCUT2D eigenvalue weighted by Crippen LogP contribution is 2.30. The van der Waals surface area contributed by atoms with Gasteiger partial charge in [-0.2, -0.15) is 0 Å². The normalized spacial score (nSPS) is 14.8. The first kappa shape index (κ1) is 11.1. The van der Waals surface area contributed by atoms with E-state index in [-0.39, 0.29) is 17.2 Å². The summed E-state index contributed by atoms with van der Waals surface area (Å²) in [4.78, 5) is 11.4. The first-order valence-corrected chi connectivity index (χ1v) is 6.30. The van der Waals surface area contributed by atoms with Gasteiger partial charge in [-0.15, -0.1) is 0 Å². The molecule has 0 spiro atoms. The highest BCUT2D eigenvalue weighted by atomic mass is 32.2. The Morgan fingerprint density at radius 2 is 2.06 bits per heavy atom. The first-order chi connectivity index (χ1) is 7.45. The zero-order valence-corrected chi connectivity index (χ0v) is 9.81. The van der Waals surface area contributed by atoms with Crippen molar-refractivity contribution in [3.8, 4) is 0 Å². The van der Waals surface area contributed by atoms with Gasteiger partial charge in [-0.3, -0.25) is 4.79 Å². The van der Waals surface area contributed by atoms with Crippen molar-refractivity contribution in [3.05, 3.63) is 23.3 Å². The molecule has 2 N–H and O–H groups in total. The van der Waals surface area contributed by atoms with E-state index in [9.17, 15) is 13.2 Å². The van der Waals surface area contributed by atoms with Gasteiger partial charge in [0.15, 0.2) is 0 Å². The molecule has 1 aliphatic heterocycles. The SMILES string of the molecule is CNS(=O)(=O)c1ccc2c(c1C)CC(=O)N2. The molecule has 1 aromatic carbocycles. The first-order valence-electron chi connectivity index (χ1n) is 4.81. The largest absolute Gasteiger partial charge is 0.326 e. The molecule has 0 aliphatic carbocycles. The lowest BCUT2D eigenvalue weighted by Crippen LogP contribution is -2.20. The summed E-state index contributed by atoms with van der Waals surface area (Å²) in [6, 6.07) is 3.13. The zero-order valence-electron chi connectivity index (χ0n) is 8.99. The molecule has 6 heteroatoms. The number of hydrogen-bond acceptors (Lipinski definition) is 3. The van der Waals surface area contributed by atoms with Gasteiger partial charge in [-0.1, -0.05) is 0 Å². The van der Waals surface area contributed by atoms with Crippen molar-refractivity contribution in [2.75, 3.05) is 12.4 Å². The fourth-order valence-corrected chi connectivity index (χ4v) is 2.83. The Kier molecular flexibility index (Phi) is 2.47. The molecule has 5 nitrogen and oxygen atoms in total. The van der Waals surface area contributed by atoms with Gasteiger partial charge in [0.1, 0.15) is 0 Å². The smallest absolute Gasteiger partial charge is 0.240 e. The molecule has 0 unspecified atom stereocenters. The summed E-state index contributed by atoms with van der Waals surface area (Å²) in [6.07, 6.45) is 0.244. The summed E-state index contributed by atoms with van der Waals surface area (Å²) in [7, 11) is -2.09. The van der Waals surface area contributed by atoms with Gasteiger partial charge in [0.05, 0.1) is 11.3 Å². The predicted molar refractivity (Wildman–Crippen MR) is 59.8 cm³/mol. The Morgan fingerprint density at radius 1 is 1.38 bits per heavy atom. The molecule has 86 valence electrons. The summed E-state index contributed by atoms with van der Waals surface area (Å²) in [5.74, 6) is -0.0999. The molecular weight excluding hydrogens is 228 g/mol. The number of nitrogens with one attached hydrogen (secondary N) is 2. The fourth-order valence-electron chi connectivity index (χ4n) is 1.84. The van der Waals surface area contributed by atoms with Crippen molar-refractivity contribution in [3.63, 3.8) is 0 Å².